The molecule has 1 atom stereocenters. The average Bonchev–Trinajstić information content (AvgIpc) is 1.99. The van der Waals surface area contributed by atoms with E-state index in [1.807, 2.05) is 0 Å². The lowest BCUT2D eigenvalue weighted by Gasteiger charge is -2.27. The van der Waals surface area contributed by atoms with Gasteiger partial charge in [-0.1, -0.05) is 6.08 Å². The van der Waals surface area contributed by atoms with E-state index in [-0.39, 0.29) is 18.9 Å². The van der Waals surface area contributed by atoms with Crippen LogP contribution >= 0.6 is 0 Å². The first-order valence-electron chi connectivity index (χ1n) is 3.99. The summed E-state index contributed by atoms with van der Waals surface area (Å²) in [7, 11) is 0. The first-order chi connectivity index (χ1) is 5.99. The molecule has 0 spiro atoms. The number of aliphatic carboxylic acids is 1. The second-order valence-corrected chi connectivity index (χ2v) is 3.15. The third-order valence-corrected chi connectivity index (χ3v) is 1.86. The summed E-state index contributed by atoms with van der Waals surface area (Å²) >= 11 is 0. The summed E-state index contributed by atoms with van der Waals surface area (Å²) in [5.74, 6) is -4.21. The number of nitrogens with one attached hydrogen (secondary N) is 1. The van der Waals surface area contributed by atoms with Crippen LogP contribution in [0.3, 0.4) is 0 Å². The number of hydrogen-bond acceptors (Lipinski definition) is 2. The van der Waals surface area contributed by atoms with Crippen LogP contribution < -0.4 is 5.32 Å². The van der Waals surface area contributed by atoms with Crippen molar-refractivity contribution in [2.24, 2.45) is 5.92 Å². The number of carboxylic acid groups (broad SMARTS) is 1. The molecule has 1 saturated heterocycles. The van der Waals surface area contributed by atoms with Crippen molar-refractivity contribution >= 4 is 5.97 Å². The fourth-order valence-electron chi connectivity index (χ4n) is 1.32. The third kappa shape index (κ3) is 3.50. The number of carbonyl (C=O) groups is 1. The predicted octanol–water partition coefficient (Wildman–Crippen LogP) is 0.872. The fourth-order valence-corrected chi connectivity index (χ4v) is 1.32. The van der Waals surface area contributed by atoms with E-state index in [1.54, 1.807) is 0 Å². The molecule has 13 heavy (non-hydrogen) atoms. The van der Waals surface area contributed by atoms with Gasteiger partial charge in [0.25, 0.3) is 5.92 Å². The Morgan fingerprint density at radius 2 is 2.31 bits per heavy atom. The molecular weight excluding hydrogens is 180 g/mol. The van der Waals surface area contributed by atoms with Crippen LogP contribution in [0.15, 0.2) is 12.2 Å². The van der Waals surface area contributed by atoms with Crippen molar-refractivity contribution in [2.75, 3.05) is 13.1 Å². The summed E-state index contributed by atoms with van der Waals surface area (Å²) in [6.07, 6.45) is 1.94. The van der Waals surface area contributed by atoms with E-state index in [9.17, 15) is 13.6 Å². The van der Waals surface area contributed by atoms with E-state index < -0.39 is 11.9 Å². The van der Waals surface area contributed by atoms with Gasteiger partial charge in [-0.3, -0.25) is 0 Å². The van der Waals surface area contributed by atoms with Crippen LogP contribution in [0.25, 0.3) is 0 Å². The van der Waals surface area contributed by atoms with Gasteiger partial charge in [-0.2, -0.15) is 0 Å². The number of carboxylic acids is 1. The highest BCUT2D eigenvalue weighted by atomic mass is 19.3. The number of halogens is 2. The van der Waals surface area contributed by atoms with Gasteiger partial charge in [0.2, 0.25) is 0 Å². The molecular formula is C8H11F2NO2. The van der Waals surface area contributed by atoms with Gasteiger partial charge < -0.3 is 10.4 Å². The standard InChI is InChI=1S/C8H11F2NO2/c9-8(10)3-6(4-11-5-8)1-2-7(12)13/h1-2,6,11H,3-5H2,(H,12,13)/b2-1+. The normalized spacial score (nSPS) is 27.7. The first kappa shape index (κ1) is 10.1. The Balaban J connectivity index is 2.48. The molecule has 1 rings (SSSR count). The molecule has 2 N–H and O–H groups in total. The second kappa shape index (κ2) is 3.83. The zero-order chi connectivity index (χ0) is 9.90. The zero-order valence-electron chi connectivity index (χ0n) is 6.96. The molecule has 0 aliphatic carbocycles. The molecule has 0 saturated carbocycles. The maximum Gasteiger partial charge on any atom is 0.327 e. The highest BCUT2D eigenvalue weighted by molar-refractivity contribution is 5.79. The summed E-state index contributed by atoms with van der Waals surface area (Å²) in [4.78, 5) is 10.1. The summed E-state index contributed by atoms with van der Waals surface area (Å²) in [5, 5.41) is 10.8. The van der Waals surface area contributed by atoms with Crippen LogP contribution in [0.4, 0.5) is 8.78 Å². The molecule has 0 aromatic rings. The van der Waals surface area contributed by atoms with Crippen LogP contribution in [0.2, 0.25) is 0 Å². The maximum atomic E-state index is 12.7. The molecule has 1 unspecified atom stereocenters. The van der Waals surface area contributed by atoms with Gasteiger partial charge in [-0.15, -0.1) is 0 Å². The van der Waals surface area contributed by atoms with Gasteiger partial charge in [-0.05, 0) is 5.92 Å². The summed E-state index contributed by atoms with van der Waals surface area (Å²) in [5.41, 5.74) is 0. The second-order valence-electron chi connectivity index (χ2n) is 3.15. The van der Waals surface area contributed by atoms with Crippen molar-refractivity contribution in [2.45, 2.75) is 12.3 Å². The first-order valence-corrected chi connectivity index (χ1v) is 3.99. The number of piperidine rings is 1. The van der Waals surface area contributed by atoms with Crippen LogP contribution in [0, 0.1) is 5.92 Å². The van der Waals surface area contributed by atoms with Crippen LogP contribution in [0.5, 0.6) is 0 Å². The quantitative estimate of drug-likeness (QED) is 0.637. The number of alkyl halides is 2. The lowest BCUT2D eigenvalue weighted by molar-refractivity contribution is -0.131. The number of hydrogen-bond donors (Lipinski definition) is 2. The molecule has 0 bridgehead atoms. The molecule has 0 aromatic heterocycles. The Bertz CT molecular complexity index is 228. The Morgan fingerprint density at radius 3 is 2.85 bits per heavy atom. The molecule has 74 valence electrons. The SMILES string of the molecule is O=C(O)/C=C/C1CNCC(F)(F)C1. The lowest BCUT2D eigenvalue weighted by Crippen LogP contribution is -2.43. The highest BCUT2D eigenvalue weighted by Gasteiger charge is 2.35. The summed E-state index contributed by atoms with van der Waals surface area (Å²) in [6.45, 7) is 0.101. The summed E-state index contributed by atoms with van der Waals surface area (Å²) in [6, 6.07) is 0. The van der Waals surface area contributed by atoms with Crippen molar-refractivity contribution in [3.8, 4) is 0 Å². The Morgan fingerprint density at radius 1 is 1.62 bits per heavy atom. The smallest absolute Gasteiger partial charge is 0.327 e. The molecule has 1 fully saturated rings. The van der Waals surface area contributed by atoms with E-state index in [2.05, 4.69) is 5.32 Å². The predicted molar refractivity (Wildman–Crippen MR) is 42.7 cm³/mol. The van der Waals surface area contributed by atoms with Crippen molar-refractivity contribution in [3.05, 3.63) is 12.2 Å². The Kier molecular flexibility index (Phi) is 2.98. The number of rotatable bonds is 2. The van der Waals surface area contributed by atoms with E-state index in [0.717, 1.165) is 6.08 Å². The summed E-state index contributed by atoms with van der Waals surface area (Å²) < 4.78 is 25.5. The monoisotopic (exact) mass is 191 g/mol. The van der Waals surface area contributed by atoms with Gasteiger partial charge in [0.15, 0.2) is 0 Å². The van der Waals surface area contributed by atoms with Crippen LogP contribution in [-0.4, -0.2) is 30.1 Å². The van der Waals surface area contributed by atoms with Crippen molar-refractivity contribution < 1.29 is 18.7 Å². The molecule has 0 amide bonds. The van der Waals surface area contributed by atoms with Gasteiger partial charge in [0, 0.05) is 19.0 Å². The zero-order valence-corrected chi connectivity index (χ0v) is 6.96. The minimum atomic E-state index is -2.72. The maximum absolute atomic E-state index is 12.7. The third-order valence-electron chi connectivity index (χ3n) is 1.86. The molecule has 1 aliphatic rings. The van der Waals surface area contributed by atoms with E-state index in [1.165, 1.54) is 6.08 Å². The molecule has 3 nitrogen and oxygen atoms in total. The topological polar surface area (TPSA) is 49.3 Å². The highest BCUT2D eigenvalue weighted by Crippen LogP contribution is 2.26. The van der Waals surface area contributed by atoms with Gasteiger partial charge in [0.1, 0.15) is 0 Å². The lowest BCUT2D eigenvalue weighted by atomic mass is 9.96. The van der Waals surface area contributed by atoms with Crippen molar-refractivity contribution in [1.29, 1.82) is 0 Å². The Labute approximate surface area is 74.4 Å². The van der Waals surface area contributed by atoms with E-state index in [4.69, 9.17) is 5.11 Å². The minimum Gasteiger partial charge on any atom is -0.478 e. The van der Waals surface area contributed by atoms with Crippen LogP contribution in [0.1, 0.15) is 6.42 Å². The van der Waals surface area contributed by atoms with Crippen LogP contribution in [-0.2, 0) is 4.79 Å². The van der Waals surface area contributed by atoms with Gasteiger partial charge in [-0.25, -0.2) is 13.6 Å². The Hall–Kier alpha value is -0.970. The minimum absolute atomic E-state index is 0.274. The molecule has 0 aromatic carbocycles. The van der Waals surface area contributed by atoms with Crippen molar-refractivity contribution in [1.82, 2.24) is 5.32 Å². The van der Waals surface area contributed by atoms with E-state index in [0.29, 0.717) is 6.54 Å². The fraction of sp³-hybridized carbons (Fsp3) is 0.625. The molecule has 5 heteroatoms. The molecule has 1 heterocycles. The largest absolute Gasteiger partial charge is 0.478 e. The molecule has 0 radical (unpaired) electrons. The van der Waals surface area contributed by atoms with E-state index >= 15 is 0 Å². The van der Waals surface area contributed by atoms with Gasteiger partial charge >= 0.3 is 5.97 Å². The molecule has 1 aliphatic heterocycles. The average molecular weight is 191 g/mol. The van der Waals surface area contributed by atoms with Gasteiger partial charge in [0.05, 0.1) is 6.54 Å². The van der Waals surface area contributed by atoms with Crippen molar-refractivity contribution in [3.63, 3.8) is 0 Å².